The first kappa shape index (κ1) is 19.4. The summed E-state index contributed by atoms with van der Waals surface area (Å²) in [5.41, 5.74) is 1.17. The Morgan fingerprint density at radius 2 is 2.08 bits per heavy atom. The van der Waals surface area contributed by atoms with Crippen LogP contribution in [0.15, 0.2) is 9.95 Å². The molecule has 5 nitrogen and oxygen atoms in total. The third-order valence-corrected chi connectivity index (χ3v) is 7.09. The van der Waals surface area contributed by atoms with Crippen LogP contribution >= 0.6 is 23.1 Å². The van der Waals surface area contributed by atoms with Gasteiger partial charge in [-0.25, -0.2) is 4.98 Å². The van der Waals surface area contributed by atoms with Crippen LogP contribution in [0.2, 0.25) is 0 Å². The second kappa shape index (κ2) is 8.57. The van der Waals surface area contributed by atoms with E-state index in [1.54, 1.807) is 23.1 Å². The normalized spacial score (nSPS) is 15.0. The van der Waals surface area contributed by atoms with Gasteiger partial charge in [-0.1, -0.05) is 24.6 Å². The molecule has 0 amide bonds. The number of carbonyl (C=O) groups is 1. The van der Waals surface area contributed by atoms with Crippen molar-refractivity contribution in [3.05, 3.63) is 20.8 Å². The van der Waals surface area contributed by atoms with Crippen molar-refractivity contribution in [1.82, 2.24) is 9.55 Å². The molecule has 1 saturated carbocycles. The zero-order valence-corrected chi connectivity index (χ0v) is 17.3. The van der Waals surface area contributed by atoms with E-state index in [0.29, 0.717) is 13.0 Å². The number of thioether (sulfide) groups is 1. The molecule has 0 spiro atoms. The Morgan fingerprint density at radius 3 is 2.77 bits per heavy atom. The SMILES string of the molecule is CCOC(=O)CCCSc1nc2sc(C)c(C)c2c(=O)n1C1CCCC1. The molecule has 1 aliphatic carbocycles. The summed E-state index contributed by atoms with van der Waals surface area (Å²) < 4.78 is 6.91. The van der Waals surface area contributed by atoms with Crippen molar-refractivity contribution in [1.29, 1.82) is 0 Å². The first-order valence-corrected chi connectivity index (χ1v) is 11.1. The number of esters is 1. The molecule has 0 saturated heterocycles. The Morgan fingerprint density at radius 1 is 1.35 bits per heavy atom. The van der Waals surface area contributed by atoms with Gasteiger partial charge in [-0.2, -0.15) is 0 Å². The maximum absolute atomic E-state index is 13.2. The molecule has 0 bridgehead atoms. The van der Waals surface area contributed by atoms with Crippen molar-refractivity contribution in [3.8, 4) is 0 Å². The minimum absolute atomic E-state index is 0.108. The smallest absolute Gasteiger partial charge is 0.305 e. The standard InChI is InChI=1S/C19H26N2O3S2/c1-4-24-15(22)10-7-11-25-19-20-17-16(12(2)13(3)26-17)18(23)21(19)14-8-5-6-9-14/h14H,4-11H2,1-3H3. The van der Waals surface area contributed by atoms with Gasteiger partial charge >= 0.3 is 5.97 Å². The molecule has 2 aromatic rings. The second-order valence-electron chi connectivity index (χ2n) is 6.73. The van der Waals surface area contributed by atoms with Crippen molar-refractivity contribution in [3.63, 3.8) is 0 Å². The summed E-state index contributed by atoms with van der Waals surface area (Å²) in [4.78, 5) is 31.6. The summed E-state index contributed by atoms with van der Waals surface area (Å²) in [6, 6.07) is 0.256. The van der Waals surface area contributed by atoms with Gasteiger partial charge in [0.2, 0.25) is 0 Å². The number of fused-ring (bicyclic) bond motifs is 1. The number of hydrogen-bond donors (Lipinski definition) is 0. The largest absolute Gasteiger partial charge is 0.466 e. The van der Waals surface area contributed by atoms with Crippen LogP contribution in [0.5, 0.6) is 0 Å². The molecule has 0 unspecified atom stereocenters. The van der Waals surface area contributed by atoms with Gasteiger partial charge in [0.25, 0.3) is 5.56 Å². The highest BCUT2D eigenvalue weighted by atomic mass is 32.2. The fourth-order valence-corrected chi connectivity index (χ4v) is 5.56. The first-order valence-electron chi connectivity index (χ1n) is 9.33. The van der Waals surface area contributed by atoms with Crippen LogP contribution < -0.4 is 5.56 Å². The molecule has 2 heterocycles. The van der Waals surface area contributed by atoms with E-state index in [1.807, 2.05) is 25.3 Å². The van der Waals surface area contributed by atoms with Gasteiger partial charge in [0.05, 0.1) is 12.0 Å². The average molecular weight is 395 g/mol. The number of ether oxygens (including phenoxy) is 1. The molecule has 142 valence electrons. The summed E-state index contributed by atoms with van der Waals surface area (Å²) in [6.45, 7) is 6.30. The number of rotatable bonds is 7. The maximum Gasteiger partial charge on any atom is 0.305 e. The molecule has 0 aromatic carbocycles. The zero-order valence-electron chi connectivity index (χ0n) is 15.7. The lowest BCUT2D eigenvalue weighted by Crippen LogP contribution is -2.26. The monoisotopic (exact) mass is 394 g/mol. The van der Waals surface area contributed by atoms with Crippen LogP contribution in [0.25, 0.3) is 10.2 Å². The number of aryl methyl sites for hydroxylation is 2. The van der Waals surface area contributed by atoms with Crippen LogP contribution in [0, 0.1) is 13.8 Å². The maximum atomic E-state index is 13.2. The lowest BCUT2D eigenvalue weighted by molar-refractivity contribution is -0.143. The molecule has 3 rings (SSSR count). The summed E-state index contributed by atoms with van der Waals surface area (Å²) in [5, 5.41) is 1.59. The lowest BCUT2D eigenvalue weighted by Gasteiger charge is -2.18. The third-order valence-electron chi connectivity index (χ3n) is 4.95. The van der Waals surface area contributed by atoms with Crippen molar-refractivity contribution < 1.29 is 9.53 Å². The molecule has 2 aromatic heterocycles. The molecule has 26 heavy (non-hydrogen) atoms. The van der Waals surface area contributed by atoms with Gasteiger partial charge in [-0.05, 0) is 45.6 Å². The second-order valence-corrected chi connectivity index (χ2v) is 8.99. The highest BCUT2D eigenvalue weighted by molar-refractivity contribution is 7.99. The van der Waals surface area contributed by atoms with Crippen molar-refractivity contribution >= 4 is 39.3 Å². The number of aromatic nitrogens is 2. The van der Waals surface area contributed by atoms with E-state index in [2.05, 4.69) is 0 Å². The fraction of sp³-hybridized carbons (Fsp3) is 0.632. The van der Waals surface area contributed by atoms with E-state index >= 15 is 0 Å². The molecule has 0 aliphatic heterocycles. The molecule has 0 N–H and O–H groups in total. The van der Waals surface area contributed by atoms with Crippen LogP contribution in [-0.4, -0.2) is 27.9 Å². The van der Waals surface area contributed by atoms with E-state index in [4.69, 9.17) is 9.72 Å². The molecule has 0 radical (unpaired) electrons. The van der Waals surface area contributed by atoms with Crippen LogP contribution in [0.1, 0.15) is 61.9 Å². The molecule has 1 aliphatic rings. The predicted octanol–water partition coefficient (Wildman–Crippen LogP) is 4.63. The topological polar surface area (TPSA) is 61.2 Å². The molecular formula is C19H26N2O3S2. The predicted molar refractivity (Wildman–Crippen MR) is 107 cm³/mol. The Bertz CT molecular complexity index is 851. The molecule has 7 heteroatoms. The summed E-state index contributed by atoms with van der Waals surface area (Å²) >= 11 is 3.19. The number of carbonyl (C=O) groups excluding carboxylic acids is 1. The van der Waals surface area contributed by atoms with Crippen LogP contribution in [-0.2, 0) is 9.53 Å². The van der Waals surface area contributed by atoms with Gasteiger partial charge in [0, 0.05) is 23.1 Å². The van der Waals surface area contributed by atoms with E-state index in [0.717, 1.165) is 50.8 Å². The van der Waals surface area contributed by atoms with Gasteiger partial charge in [0.15, 0.2) is 5.16 Å². The lowest BCUT2D eigenvalue weighted by atomic mass is 10.2. The zero-order chi connectivity index (χ0) is 18.7. The highest BCUT2D eigenvalue weighted by Crippen LogP contribution is 2.34. The van der Waals surface area contributed by atoms with E-state index in [1.165, 1.54) is 12.8 Å². The van der Waals surface area contributed by atoms with Gasteiger partial charge < -0.3 is 4.74 Å². The Kier molecular flexibility index (Phi) is 6.40. The average Bonchev–Trinajstić information content (AvgIpc) is 3.21. The molecule has 0 atom stereocenters. The number of hydrogen-bond acceptors (Lipinski definition) is 6. The van der Waals surface area contributed by atoms with Gasteiger partial charge in [0.1, 0.15) is 4.83 Å². The minimum atomic E-state index is -0.158. The number of nitrogens with zero attached hydrogens (tertiary/aromatic N) is 2. The fourth-order valence-electron chi connectivity index (χ4n) is 3.49. The van der Waals surface area contributed by atoms with Gasteiger partial charge in [-0.15, -0.1) is 11.3 Å². The Balaban J connectivity index is 1.86. The van der Waals surface area contributed by atoms with Crippen molar-refractivity contribution in [2.45, 2.75) is 70.5 Å². The van der Waals surface area contributed by atoms with E-state index in [-0.39, 0.29) is 17.6 Å². The van der Waals surface area contributed by atoms with Gasteiger partial charge in [-0.3, -0.25) is 14.2 Å². The first-order chi connectivity index (χ1) is 12.5. The summed E-state index contributed by atoms with van der Waals surface area (Å²) in [7, 11) is 0. The third kappa shape index (κ3) is 3.98. The van der Waals surface area contributed by atoms with E-state index < -0.39 is 0 Å². The van der Waals surface area contributed by atoms with Crippen molar-refractivity contribution in [2.24, 2.45) is 0 Å². The summed E-state index contributed by atoms with van der Waals surface area (Å²) in [5.74, 6) is 0.599. The minimum Gasteiger partial charge on any atom is -0.466 e. The Labute approximate surface area is 162 Å². The Hall–Kier alpha value is -1.34. The van der Waals surface area contributed by atoms with Crippen LogP contribution in [0.4, 0.5) is 0 Å². The van der Waals surface area contributed by atoms with E-state index in [9.17, 15) is 9.59 Å². The molecular weight excluding hydrogens is 368 g/mol. The summed E-state index contributed by atoms with van der Waals surface area (Å²) in [6.07, 6.45) is 5.57. The molecule has 1 fully saturated rings. The van der Waals surface area contributed by atoms with Crippen LogP contribution in [0.3, 0.4) is 0 Å². The highest BCUT2D eigenvalue weighted by Gasteiger charge is 2.24. The quantitative estimate of drug-likeness (QED) is 0.297. The number of thiophene rings is 1. The van der Waals surface area contributed by atoms with Crippen molar-refractivity contribution in [2.75, 3.05) is 12.4 Å².